The van der Waals surface area contributed by atoms with Crippen LogP contribution in [0.1, 0.15) is 47.1 Å². The largest absolute Gasteiger partial charge is 0.396 e. The molecule has 3 aliphatic rings. The number of hydrogen-bond donors (Lipinski definition) is 1. The molecule has 5 rings (SSSR count). The first-order valence-corrected chi connectivity index (χ1v) is 10.7. The van der Waals surface area contributed by atoms with Gasteiger partial charge in [0.25, 0.3) is 0 Å². The summed E-state index contributed by atoms with van der Waals surface area (Å²) in [6, 6.07) is 13.7. The summed E-state index contributed by atoms with van der Waals surface area (Å²) in [5, 5.41) is 9.21. The van der Waals surface area contributed by atoms with Gasteiger partial charge in [0.15, 0.2) is 0 Å². The van der Waals surface area contributed by atoms with Gasteiger partial charge in [0.1, 0.15) is 5.82 Å². The highest BCUT2D eigenvalue weighted by molar-refractivity contribution is 5.45. The second kappa shape index (κ2) is 8.15. The minimum Gasteiger partial charge on any atom is -0.396 e. The van der Waals surface area contributed by atoms with Crippen molar-refractivity contribution in [3.05, 3.63) is 70.5 Å². The van der Waals surface area contributed by atoms with E-state index in [1.807, 2.05) is 6.07 Å². The second-order valence-corrected chi connectivity index (χ2v) is 8.50. The lowest BCUT2D eigenvalue weighted by molar-refractivity contribution is -0.0569. The van der Waals surface area contributed by atoms with Crippen LogP contribution in [0.5, 0.6) is 0 Å². The van der Waals surface area contributed by atoms with Gasteiger partial charge in [0.05, 0.1) is 24.9 Å². The number of nitrogens with zero attached hydrogens (tertiary/aromatic N) is 1. The lowest BCUT2D eigenvalue weighted by atomic mass is 9.87. The standard InChI is InChI=1S/C24H28FNO3/c25-18-6-5-17-11-16-3-1-2-4-21(16)23-13-20(29-24(23)22(17)12-18)15-26-8-10-28-19(14-26)7-9-27/h1-6,12,19-20,23-24,27H,7-11,13-15H2/t19?,20-,23-,24+/m1/s1. The Bertz CT molecular complexity index is 871. The highest BCUT2D eigenvalue weighted by Crippen LogP contribution is 2.49. The summed E-state index contributed by atoms with van der Waals surface area (Å²) < 4.78 is 26.4. The quantitative estimate of drug-likeness (QED) is 0.858. The highest BCUT2D eigenvalue weighted by Gasteiger charge is 2.41. The Morgan fingerprint density at radius 2 is 1.93 bits per heavy atom. The Morgan fingerprint density at radius 1 is 1.07 bits per heavy atom. The van der Waals surface area contributed by atoms with E-state index < -0.39 is 0 Å². The fourth-order valence-electron chi connectivity index (χ4n) is 5.27. The highest BCUT2D eigenvalue weighted by atomic mass is 19.1. The Morgan fingerprint density at radius 3 is 2.83 bits per heavy atom. The lowest BCUT2D eigenvalue weighted by Crippen LogP contribution is -2.45. The number of benzene rings is 2. The molecule has 29 heavy (non-hydrogen) atoms. The zero-order valence-corrected chi connectivity index (χ0v) is 16.6. The molecule has 0 aromatic heterocycles. The fourth-order valence-corrected chi connectivity index (χ4v) is 5.27. The number of morpholine rings is 1. The van der Waals surface area contributed by atoms with E-state index in [0.29, 0.717) is 13.0 Å². The van der Waals surface area contributed by atoms with Crippen molar-refractivity contribution in [1.82, 2.24) is 4.90 Å². The molecular weight excluding hydrogens is 369 g/mol. The third-order valence-electron chi connectivity index (χ3n) is 6.61. The van der Waals surface area contributed by atoms with Crippen molar-refractivity contribution in [2.75, 3.05) is 32.8 Å². The molecule has 0 bridgehead atoms. The summed E-state index contributed by atoms with van der Waals surface area (Å²) in [5.74, 6) is 0.0639. The molecule has 1 unspecified atom stereocenters. The van der Waals surface area contributed by atoms with Crippen LogP contribution in [0.15, 0.2) is 42.5 Å². The van der Waals surface area contributed by atoms with E-state index in [9.17, 15) is 9.50 Å². The molecule has 2 aromatic carbocycles. The summed E-state index contributed by atoms with van der Waals surface area (Å²) in [6.45, 7) is 3.42. The van der Waals surface area contributed by atoms with E-state index >= 15 is 0 Å². The molecule has 1 aliphatic carbocycles. The summed E-state index contributed by atoms with van der Waals surface area (Å²) in [5.41, 5.74) is 4.85. The Labute approximate surface area is 171 Å². The fraction of sp³-hybridized carbons (Fsp3) is 0.500. The van der Waals surface area contributed by atoms with Crippen molar-refractivity contribution in [3.63, 3.8) is 0 Å². The molecule has 2 aliphatic heterocycles. The van der Waals surface area contributed by atoms with Gasteiger partial charge in [0.2, 0.25) is 0 Å². The third kappa shape index (κ3) is 3.84. The summed E-state index contributed by atoms with van der Waals surface area (Å²) in [7, 11) is 0. The number of hydrogen-bond acceptors (Lipinski definition) is 4. The van der Waals surface area contributed by atoms with Crippen LogP contribution in [0.3, 0.4) is 0 Å². The Hall–Kier alpha value is -1.79. The van der Waals surface area contributed by atoms with Crippen molar-refractivity contribution in [3.8, 4) is 0 Å². The first-order valence-electron chi connectivity index (χ1n) is 10.7. The van der Waals surface area contributed by atoms with Crippen molar-refractivity contribution in [2.24, 2.45) is 0 Å². The molecule has 0 spiro atoms. The van der Waals surface area contributed by atoms with Gasteiger partial charge in [-0.3, -0.25) is 4.90 Å². The van der Waals surface area contributed by atoms with Gasteiger partial charge >= 0.3 is 0 Å². The average molecular weight is 397 g/mol. The van der Waals surface area contributed by atoms with Gasteiger partial charge in [-0.1, -0.05) is 30.3 Å². The summed E-state index contributed by atoms with van der Waals surface area (Å²) in [4.78, 5) is 2.39. The van der Waals surface area contributed by atoms with E-state index in [1.165, 1.54) is 16.7 Å². The van der Waals surface area contributed by atoms with E-state index in [4.69, 9.17) is 9.47 Å². The molecule has 0 radical (unpaired) electrons. The molecule has 4 atom stereocenters. The normalized spacial score (nSPS) is 29.0. The average Bonchev–Trinajstić information content (AvgIpc) is 3.08. The molecule has 0 saturated carbocycles. The van der Waals surface area contributed by atoms with Gasteiger partial charge in [-0.2, -0.15) is 0 Å². The zero-order chi connectivity index (χ0) is 19.8. The molecule has 2 heterocycles. The van der Waals surface area contributed by atoms with Gasteiger partial charge in [-0.15, -0.1) is 0 Å². The molecule has 2 aromatic rings. The van der Waals surface area contributed by atoms with Crippen LogP contribution >= 0.6 is 0 Å². The first kappa shape index (κ1) is 19.2. The van der Waals surface area contributed by atoms with Gasteiger partial charge < -0.3 is 14.6 Å². The van der Waals surface area contributed by atoms with Crippen LogP contribution in [-0.2, 0) is 15.9 Å². The number of aliphatic hydroxyl groups excluding tert-OH is 1. The van der Waals surface area contributed by atoms with Crippen LogP contribution in [0.25, 0.3) is 0 Å². The predicted molar refractivity (Wildman–Crippen MR) is 109 cm³/mol. The molecular formula is C24H28FNO3. The maximum absolute atomic E-state index is 14.1. The van der Waals surface area contributed by atoms with Crippen molar-refractivity contribution < 1.29 is 19.0 Å². The van der Waals surface area contributed by atoms with Crippen molar-refractivity contribution in [2.45, 2.75) is 43.5 Å². The number of ether oxygens (including phenoxy) is 2. The third-order valence-corrected chi connectivity index (χ3v) is 6.61. The van der Waals surface area contributed by atoms with E-state index in [-0.39, 0.29) is 36.7 Å². The van der Waals surface area contributed by atoms with Crippen LogP contribution in [0.2, 0.25) is 0 Å². The van der Waals surface area contributed by atoms with Crippen molar-refractivity contribution >= 4 is 0 Å². The van der Waals surface area contributed by atoms with Gasteiger partial charge in [-0.25, -0.2) is 4.39 Å². The van der Waals surface area contributed by atoms with Gasteiger partial charge in [-0.05, 0) is 53.6 Å². The molecule has 2 saturated heterocycles. The molecule has 5 heteroatoms. The Kier molecular flexibility index (Phi) is 5.39. The first-order chi connectivity index (χ1) is 14.2. The Balaban J connectivity index is 1.40. The smallest absolute Gasteiger partial charge is 0.123 e. The predicted octanol–water partition coefficient (Wildman–Crippen LogP) is 3.43. The molecule has 4 nitrogen and oxygen atoms in total. The number of rotatable bonds is 4. The molecule has 154 valence electrons. The van der Waals surface area contributed by atoms with Crippen molar-refractivity contribution in [1.29, 1.82) is 0 Å². The minimum absolute atomic E-state index is 0.0937. The molecule has 2 fully saturated rings. The number of fused-ring (bicyclic) bond motifs is 5. The zero-order valence-electron chi connectivity index (χ0n) is 16.6. The SMILES string of the molecule is OCCC1CN(C[C@H]2C[C@@H]3c4ccccc4Cc4ccc(F)cc4[C@@H]3O2)CCO1. The topological polar surface area (TPSA) is 41.9 Å². The number of halogens is 1. The van der Waals surface area contributed by atoms with Crippen LogP contribution in [0, 0.1) is 5.82 Å². The van der Waals surface area contributed by atoms with E-state index in [1.54, 1.807) is 12.1 Å². The maximum atomic E-state index is 14.1. The second-order valence-electron chi connectivity index (χ2n) is 8.50. The molecule has 1 N–H and O–H groups in total. The van der Waals surface area contributed by atoms with Crippen LogP contribution < -0.4 is 0 Å². The summed E-state index contributed by atoms with van der Waals surface area (Å²) >= 11 is 0. The van der Waals surface area contributed by atoms with E-state index in [2.05, 4.69) is 29.2 Å². The maximum Gasteiger partial charge on any atom is 0.123 e. The van der Waals surface area contributed by atoms with Gasteiger partial charge in [0, 0.05) is 32.2 Å². The summed E-state index contributed by atoms with van der Waals surface area (Å²) in [6.07, 6.45) is 2.56. The lowest BCUT2D eigenvalue weighted by Gasteiger charge is -2.34. The minimum atomic E-state index is -0.194. The monoisotopic (exact) mass is 397 g/mol. The van der Waals surface area contributed by atoms with Crippen LogP contribution in [-0.4, -0.2) is 55.1 Å². The van der Waals surface area contributed by atoms with E-state index in [0.717, 1.165) is 38.0 Å². The van der Waals surface area contributed by atoms with Crippen LogP contribution in [0.4, 0.5) is 4.39 Å². The number of aliphatic hydroxyl groups is 1. The molecule has 0 amide bonds.